The summed E-state index contributed by atoms with van der Waals surface area (Å²) in [5.41, 5.74) is 2.46. The number of hydrogen-bond acceptors (Lipinski definition) is 9. The van der Waals surface area contributed by atoms with Crippen LogP contribution >= 0.6 is 11.8 Å². The predicted molar refractivity (Wildman–Crippen MR) is 181 cm³/mol. The molecule has 1 saturated carbocycles. The molecule has 46 heavy (non-hydrogen) atoms. The number of benzene rings is 1. The number of fused-ring (bicyclic) bond motifs is 4. The number of likely N-dealkylation sites (tertiary alicyclic amines) is 1. The Balaban J connectivity index is 1.55. The van der Waals surface area contributed by atoms with E-state index < -0.39 is 17.7 Å². The molecule has 10 nitrogen and oxygen atoms in total. The topological polar surface area (TPSA) is 126 Å². The van der Waals surface area contributed by atoms with Crippen molar-refractivity contribution in [1.29, 1.82) is 0 Å². The SMILES string of the molecule is COc1cc2c(c(OC)c1OC)-c1ccc(N[C@@H](CCSC)C(=O)N3CC[C@]4(O)CCCC[C@H]4C3)c(=O)cc1[C@@H](NC(C)=O)CC2. The van der Waals surface area contributed by atoms with Crippen LogP contribution in [0.5, 0.6) is 17.2 Å². The average molecular weight is 654 g/mol. The number of aryl methyl sites for hydroxylation is 1. The third kappa shape index (κ3) is 6.81. The van der Waals surface area contributed by atoms with E-state index in [4.69, 9.17) is 14.2 Å². The lowest BCUT2D eigenvalue weighted by atomic mass is 9.71. The van der Waals surface area contributed by atoms with Crippen LogP contribution in [0.3, 0.4) is 0 Å². The fourth-order valence-electron chi connectivity index (χ4n) is 7.50. The summed E-state index contributed by atoms with van der Waals surface area (Å²) in [5.74, 6) is 2.03. The van der Waals surface area contributed by atoms with Crippen molar-refractivity contribution in [2.45, 2.75) is 76.0 Å². The van der Waals surface area contributed by atoms with Crippen LogP contribution in [0.2, 0.25) is 0 Å². The predicted octanol–water partition coefficient (Wildman–Crippen LogP) is 4.55. The Morgan fingerprint density at radius 1 is 1.09 bits per heavy atom. The fraction of sp³-hybridized carbons (Fsp3) is 0.571. The number of ether oxygens (including phenoxy) is 3. The number of hydrogen-bond donors (Lipinski definition) is 3. The van der Waals surface area contributed by atoms with Gasteiger partial charge >= 0.3 is 0 Å². The third-order valence-electron chi connectivity index (χ3n) is 9.89. The number of aliphatic hydroxyl groups is 1. The van der Waals surface area contributed by atoms with Crippen molar-refractivity contribution in [1.82, 2.24) is 10.2 Å². The van der Waals surface area contributed by atoms with Gasteiger partial charge in [-0.2, -0.15) is 11.8 Å². The van der Waals surface area contributed by atoms with Crippen molar-refractivity contribution in [2.24, 2.45) is 5.92 Å². The van der Waals surface area contributed by atoms with Gasteiger partial charge in [-0.15, -0.1) is 0 Å². The summed E-state index contributed by atoms with van der Waals surface area (Å²) in [5, 5.41) is 17.6. The molecule has 4 atom stereocenters. The first-order valence-electron chi connectivity index (χ1n) is 16.2. The number of nitrogens with zero attached hydrogens (tertiary/aromatic N) is 1. The summed E-state index contributed by atoms with van der Waals surface area (Å²) in [4.78, 5) is 42.1. The number of thioether (sulfide) groups is 1. The number of nitrogens with one attached hydrogen (secondary N) is 2. The molecule has 11 heteroatoms. The molecule has 2 aromatic rings. The molecule has 0 aromatic heterocycles. The maximum atomic E-state index is 14.0. The van der Waals surface area contributed by atoms with E-state index >= 15 is 0 Å². The number of amides is 2. The highest BCUT2D eigenvalue weighted by Gasteiger charge is 2.44. The highest BCUT2D eigenvalue weighted by atomic mass is 32.2. The number of anilines is 1. The normalized spacial score (nSPS) is 22.7. The van der Waals surface area contributed by atoms with Crippen molar-refractivity contribution in [3.63, 3.8) is 0 Å². The van der Waals surface area contributed by atoms with E-state index in [9.17, 15) is 19.5 Å². The molecule has 2 aromatic carbocycles. The smallest absolute Gasteiger partial charge is 0.245 e. The van der Waals surface area contributed by atoms with Crippen LogP contribution in [-0.2, 0) is 16.0 Å². The number of piperidine rings is 1. The van der Waals surface area contributed by atoms with Gasteiger partial charge in [0.25, 0.3) is 0 Å². The maximum absolute atomic E-state index is 14.0. The zero-order chi connectivity index (χ0) is 33.0. The first-order valence-corrected chi connectivity index (χ1v) is 17.6. The van der Waals surface area contributed by atoms with Gasteiger partial charge in [0, 0.05) is 31.5 Å². The lowest BCUT2D eigenvalue weighted by Gasteiger charge is -2.48. The first-order chi connectivity index (χ1) is 22.1. The Labute approximate surface area is 275 Å². The van der Waals surface area contributed by atoms with Crippen molar-refractivity contribution in [3.05, 3.63) is 45.6 Å². The zero-order valence-corrected chi connectivity index (χ0v) is 28.4. The lowest BCUT2D eigenvalue weighted by Crippen LogP contribution is -2.57. The van der Waals surface area contributed by atoms with Crippen molar-refractivity contribution >= 4 is 29.3 Å². The highest BCUT2D eigenvalue weighted by Crippen LogP contribution is 2.50. The number of methoxy groups -OCH3 is 3. The van der Waals surface area contributed by atoms with Crippen LogP contribution in [-0.4, -0.2) is 79.9 Å². The van der Waals surface area contributed by atoms with Crippen molar-refractivity contribution in [2.75, 3.05) is 51.7 Å². The maximum Gasteiger partial charge on any atom is 0.245 e. The van der Waals surface area contributed by atoms with Crippen LogP contribution in [0.1, 0.15) is 69.0 Å². The van der Waals surface area contributed by atoms with Gasteiger partial charge in [0.2, 0.25) is 23.0 Å². The van der Waals surface area contributed by atoms with E-state index in [-0.39, 0.29) is 23.2 Å². The van der Waals surface area contributed by atoms with Gasteiger partial charge in [-0.3, -0.25) is 14.4 Å². The molecule has 0 bridgehead atoms. The summed E-state index contributed by atoms with van der Waals surface area (Å²) in [6.07, 6.45) is 8.10. The van der Waals surface area contributed by atoms with E-state index in [1.807, 2.05) is 23.3 Å². The fourth-order valence-corrected chi connectivity index (χ4v) is 7.97. The van der Waals surface area contributed by atoms with Gasteiger partial charge in [0.05, 0.1) is 38.7 Å². The molecule has 1 heterocycles. The molecule has 250 valence electrons. The van der Waals surface area contributed by atoms with E-state index in [0.717, 1.165) is 48.1 Å². The van der Waals surface area contributed by atoms with Gasteiger partial charge in [-0.1, -0.05) is 18.9 Å². The Bertz CT molecular complexity index is 1520. The van der Waals surface area contributed by atoms with E-state index in [0.29, 0.717) is 67.3 Å². The largest absolute Gasteiger partial charge is 0.493 e. The Kier molecular flexibility index (Phi) is 10.7. The molecular weight excluding hydrogens is 606 g/mol. The first kappa shape index (κ1) is 33.9. The van der Waals surface area contributed by atoms with E-state index in [1.54, 1.807) is 45.2 Å². The zero-order valence-electron chi connectivity index (χ0n) is 27.6. The molecule has 5 rings (SSSR count). The molecule has 2 aliphatic carbocycles. The van der Waals surface area contributed by atoms with E-state index in [2.05, 4.69) is 10.6 Å². The van der Waals surface area contributed by atoms with Gasteiger partial charge < -0.3 is 34.9 Å². The van der Waals surface area contributed by atoms with Crippen molar-refractivity contribution in [3.8, 4) is 28.4 Å². The standard InChI is InChI=1S/C35H47N3O7S/c1-21(39)36-26-11-9-22-18-30(43-2)32(44-3)33(45-4)31(22)24-10-12-27(29(40)19-25(24)26)37-28(13-17-46-5)34(41)38-16-15-35(42)14-7-6-8-23(35)20-38/h10,12,18-19,23,26,28,42H,6-9,11,13-17,20H2,1-5H3,(H,36,39)(H,37,40)/t23-,26-,28-,35+/m0/s1. The average Bonchev–Trinajstić information content (AvgIpc) is 3.29. The lowest BCUT2D eigenvalue weighted by molar-refractivity contribution is -0.144. The molecule has 3 aliphatic rings. The second-order valence-corrected chi connectivity index (χ2v) is 13.6. The second-order valence-electron chi connectivity index (χ2n) is 12.7. The van der Waals surface area contributed by atoms with Gasteiger partial charge in [0.15, 0.2) is 11.5 Å². The van der Waals surface area contributed by atoms with Gasteiger partial charge in [-0.25, -0.2) is 0 Å². The molecule has 0 unspecified atom stereocenters. The van der Waals surface area contributed by atoms with Crippen LogP contribution in [0.4, 0.5) is 5.69 Å². The third-order valence-corrected chi connectivity index (χ3v) is 10.5. The van der Waals surface area contributed by atoms with Crippen LogP contribution < -0.4 is 30.3 Å². The molecular formula is C35H47N3O7S. The molecule has 3 N–H and O–H groups in total. The summed E-state index contributed by atoms with van der Waals surface area (Å²) in [7, 11) is 4.69. The summed E-state index contributed by atoms with van der Waals surface area (Å²) in [6, 6.07) is 6.06. The second kappa shape index (κ2) is 14.5. The quantitative estimate of drug-likeness (QED) is 0.339. The molecule has 1 aliphatic heterocycles. The molecule has 2 fully saturated rings. The summed E-state index contributed by atoms with van der Waals surface area (Å²) in [6.45, 7) is 2.51. The summed E-state index contributed by atoms with van der Waals surface area (Å²) < 4.78 is 17.2. The molecule has 2 amide bonds. The molecule has 0 spiro atoms. The summed E-state index contributed by atoms with van der Waals surface area (Å²) >= 11 is 1.65. The minimum Gasteiger partial charge on any atom is -0.493 e. The molecule has 0 radical (unpaired) electrons. The van der Waals surface area contributed by atoms with Crippen LogP contribution in [0.25, 0.3) is 11.1 Å². The number of rotatable bonds is 10. The minimum absolute atomic E-state index is 0.0471. The monoisotopic (exact) mass is 653 g/mol. The molecule has 1 saturated heterocycles. The Hall–Kier alpha value is -3.44. The van der Waals surface area contributed by atoms with Gasteiger partial charge in [0.1, 0.15) is 6.04 Å². The van der Waals surface area contributed by atoms with Gasteiger partial charge in [-0.05, 0) is 85.4 Å². The highest BCUT2D eigenvalue weighted by molar-refractivity contribution is 7.98. The minimum atomic E-state index is -0.682. The van der Waals surface area contributed by atoms with E-state index in [1.165, 1.54) is 6.92 Å². The Morgan fingerprint density at radius 3 is 2.57 bits per heavy atom. The van der Waals surface area contributed by atoms with Crippen LogP contribution in [0.15, 0.2) is 29.1 Å². The Morgan fingerprint density at radius 2 is 1.87 bits per heavy atom. The number of carbonyl (C=O) groups is 2. The van der Waals surface area contributed by atoms with Crippen LogP contribution in [0, 0.1) is 5.92 Å². The number of carbonyl (C=O) groups excluding carboxylic acids is 2. The van der Waals surface area contributed by atoms with Crippen molar-refractivity contribution < 1.29 is 28.9 Å².